The Balaban J connectivity index is 0.00000338. The molecular formula is C22H27NaO3. The number of aliphatic carboxylic acids is 1. The molecule has 0 aliphatic rings. The quantitative estimate of drug-likeness (QED) is 0.656. The summed E-state index contributed by atoms with van der Waals surface area (Å²) in [6, 6.07) is 15.6. The summed E-state index contributed by atoms with van der Waals surface area (Å²) in [6.07, 6.45) is 2.37. The van der Waals surface area contributed by atoms with E-state index in [0.29, 0.717) is 11.7 Å². The fourth-order valence-corrected chi connectivity index (χ4v) is 2.83. The Labute approximate surface area is 179 Å². The number of hydrogen-bond acceptors (Lipinski definition) is 3. The Morgan fingerprint density at radius 2 is 1.58 bits per heavy atom. The molecule has 0 fully saturated rings. The average molecular weight is 362 g/mol. The van der Waals surface area contributed by atoms with E-state index in [9.17, 15) is 9.90 Å². The number of carbonyl (C=O) groups excluding carboxylic acids is 1. The number of rotatable bonds is 8. The van der Waals surface area contributed by atoms with Crippen molar-refractivity contribution in [2.24, 2.45) is 0 Å². The van der Waals surface area contributed by atoms with Gasteiger partial charge in [0.2, 0.25) is 0 Å². The molecule has 0 spiro atoms. The SMILES string of the molecule is CCCc1ccc(CC(C)(Oc2ccc(C(C)C)cc2)C(=O)[O-])cc1.[Na+]. The van der Waals surface area contributed by atoms with Crippen molar-refractivity contribution in [3.63, 3.8) is 0 Å². The third-order valence-corrected chi connectivity index (χ3v) is 4.42. The molecule has 2 aromatic rings. The summed E-state index contributed by atoms with van der Waals surface area (Å²) in [7, 11) is 0. The van der Waals surface area contributed by atoms with Crippen molar-refractivity contribution in [3.8, 4) is 5.75 Å². The fraction of sp³-hybridized carbons (Fsp3) is 0.409. The van der Waals surface area contributed by atoms with Crippen molar-refractivity contribution < 1.29 is 44.2 Å². The maximum absolute atomic E-state index is 11.7. The van der Waals surface area contributed by atoms with Crippen LogP contribution in [0.5, 0.6) is 5.75 Å². The molecule has 0 radical (unpaired) electrons. The first-order valence-corrected chi connectivity index (χ1v) is 8.92. The van der Waals surface area contributed by atoms with E-state index in [4.69, 9.17) is 4.74 Å². The minimum atomic E-state index is -1.41. The van der Waals surface area contributed by atoms with Gasteiger partial charge in [0.25, 0.3) is 0 Å². The van der Waals surface area contributed by atoms with Crippen LogP contribution in [-0.2, 0) is 17.6 Å². The van der Waals surface area contributed by atoms with Gasteiger partial charge in [-0.3, -0.25) is 0 Å². The van der Waals surface area contributed by atoms with Gasteiger partial charge in [0.15, 0.2) is 0 Å². The molecule has 1 unspecified atom stereocenters. The summed E-state index contributed by atoms with van der Waals surface area (Å²) < 4.78 is 5.82. The van der Waals surface area contributed by atoms with Gasteiger partial charge in [-0.05, 0) is 48.1 Å². The molecular weight excluding hydrogens is 335 g/mol. The van der Waals surface area contributed by atoms with Crippen LogP contribution in [0.2, 0.25) is 0 Å². The number of hydrogen-bond donors (Lipinski definition) is 0. The summed E-state index contributed by atoms with van der Waals surface area (Å²) in [5, 5.41) is 11.7. The van der Waals surface area contributed by atoms with E-state index in [2.05, 4.69) is 20.8 Å². The van der Waals surface area contributed by atoms with Gasteiger partial charge >= 0.3 is 29.6 Å². The van der Waals surface area contributed by atoms with Crippen LogP contribution in [0.25, 0.3) is 0 Å². The zero-order valence-electron chi connectivity index (χ0n) is 16.5. The predicted molar refractivity (Wildman–Crippen MR) is 98.7 cm³/mol. The van der Waals surface area contributed by atoms with E-state index in [1.54, 1.807) is 6.92 Å². The molecule has 2 aromatic carbocycles. The predicted octanol–water partition coefficient (Wildman–Crippen LogP) is 0.897. The number of carboxylic acids is 1. The summed E-state index contributed by atoms with van der Waals surface area (Å²) in [5.41, 5.74) is 1.96. The molecule has 0 heterocycles. The van der Waals surface area contributed by atoms with E-state index in [1.165, 1.54) is 11.1 Å². The molecule has 0 amide bonds. The van der Waals surface area contributed by atoms with Gasteiger partial charge < -0.3 is 14.6 Å². The zero-order valence-corrected chi connectivity index (χ0v) is 18.5. The standard InChI is InChI=1S/C22H28O3.Na/c1-5-6-17-7-9-18(10-8-17)15-22(4,21(23)24)25-20-13-11-19(12-14-20)16(2)3;/h7-14,16H,5-6,15H2,1-4H3,(H,23,24);/q;+1/p-1. The van der Waals surface area contributed by atoms with Crippen LogP contribution in [0.4, 0.5) is 0 Å². The fourth-order valence-electron chi connectivity index (χ4n) is 2.83. The first-order chi connectivity index (χ1) is 11.8. The summed E-state index contributed by atoms with van der Waals surface area (Å²) in [4.78, 5) is 11.7. The molecule has 0 aliphatic carbocycles. The third-order valence-electron chi connectivity index (χ3n) is 4.42. The van der Waals surface area contributed by atoms with Gasteiger partial charge in [0.1, 0.15) is 11.4 Å². The number of carboxylic acid groups (broad SMARTS) is 1. The maximum atomic E-state index is 11.7. The van der Waals surface area contributed by atoms with Crippen LogP contribution in [0.1, 0.15) is 56.7 Å². The van der Waals surface area contributed by atoms with Crippen LogP contribution < -0.4 is 39.4 Å². The first-order valence-electron chi connectivity index (χ1n) is 8.92. The number of aryl methyl sites for hydroxylation is 1. The summed E-state index contributed by atoms with van der Waals surface area (Å²) >= 11 is 0. The molecule has 0 bridgehead atoms. The van der Waals surface area contributed by atoms with Gasteiger partial charge in [-0.15, -0.1) is 0 Å². The van der Waals surface area contributed by atoms with Gasteiger partial charge in [-0.25, -0.2) is 0 Å². The molecule has 2 rings (SSSR count). The molecule has 134 valence electrons. The Morgan fingerprint density at radius 3 is 2.04 bits per heavy atom. The van der Waals surface area contributed by atoms with Crippen LogP contribution in [0.3, 0.4) is 0 Å². The molecule has 1 atom stereocenters. The minimum absolute atomic E-state index is 0. The van der Waals surface area contributed by atoms with Crippen molar-refractivity contribution in [2.75, 3.05) is 0 Å². The third kappa shape index (κ3) is 6.15. The van der Waals surface area contributed by atoms with Crippen molar-refractivity contribution in [1.29, 1.82) is 0 Å². The van der Waals surface area contributed by atoms with E-state index in [1.807, 2.05) is 48.5 Å². The molecule has 0 saturated heterocycles. The number of ether oxygens (including phenoxy) is 1. The Morgan fingerprint density at radius 1 is 1.04 bits per heavy atom. The Kier molecular flexibility index (Phi) is 8.88. The molecule has 0 N–H and O–H groups in total. The van der Waals surface area contributed by atoms with E-state index in [0.717, 1.165) is 18.4 Å². The maximum Gasteiger partial charge on any atom is 1.00 e. The Hall–Kier alpha value is -1.29. The second-order valence-electron chi connectivity index (χ2n) is 7.09. The molecule has 0 aromatic heterocycles. The first kappa shape index (κ1) is 22.8. The number of carbonyl (C=O) groups is 1. The zero-order chi connectivity index (χ0) is 18.4. The molecule has 4 heteroatoms. The normalized spacial score (nSPS) is 13.0. The summed E-state index contributed by atoms with van der Waals surface area (Å²) in [5.74, 6) is -0.250. The van der Waals surface area contributed by atoms with Gasteiger partial charge in [0, 0.05) is 6.42 Å². The summed E-state index contributed by atoms with van der Waals surface area (Å²) in [6.45, 7) is 7.94. The second-order valence-corrected chi connectivity index (χ2v) is 7.09. The minimum Gasteiger partial charge on any atom is -0.546 e. The van der Waals surface area contributed by atoms with Crippen LogP contribution in [0, 0.1) is 0 Å². The van der Waals surface area contributed by atoms with Crippen LogP contribution >= 0.6 is 0 Å². The van der Waals surface area contributed by atoms with E-state index < -0.39 is 11.6 Å². The van der Waals surface area contributed by atoms with Crippen molar-refractivity contribution in [3.05, 3.63) is 65.2 Å². The Bertz CT molecular complexity index is 692. The smallest absolute Gasteiger partial charge is 0.546 e. The second kappa shape index (κ2) is 10.1. The number of benzene rings is 2. The molecule has 3 nitrogen and oxygen atoms in total. The largest absolute Gasteiger partial charge is 1.00 e. The topological polar surface area (TPSA) is 49.4 Å². The van der Waals surface area contributed by atoms with Crippen molar-refractivity contribution >= 4 is 5.97 Å². The molecule has 0 aliphatic heterocycles. The van der Waals surface area contributed by atoms with Crippen molar-refractivity contribution in [2.45, 2.75) is 58.5 Å². The van der Waals surface area contributed by atoms with E-state index in [-0.39, 0.29) is 36.0 Å². The van der Waals surface area contributed by atoms with Gasteiger partial charge in [0.05, 0.1) is 5.97 Å². The van der Waals surface area contributed by atoms with Gasteiger partial charge in [-0.1, -0.05) is 63.6 Å². The van der Waals surface area contributed by atoms with Gasteiger partial charge in [-0.2, -0.15) is 0 Å². The average Bonchev–Trinajstić information content (AvgIpc) is 2.57. The monoisotopic (exact) mass is 362 g/mol. The molecule has 26 heavy (non-hydrogen) atoms. The van der Waals surface area contributed by atoms with E-state index >= 15 is 0 Å². The van der Waals surface area contributed by atoms with Crippen molar-refractivity contribution in [1.82, 2.24) is 0 Å². The van der Waals surface area contributed by atoms with Crippen LogP contribution in [-0.4, -0.2) is 11.6 Å². The van der Waals surface area contributed by atoms with Crippen LogP contribution in [0.15, 0.2) is 48.5 Å². The molecule has 0 saturated carbocycles.